The minimum absolute atomic E-state index is 0.175. The van der Waals surface area contributed by atoms with Crippen LogP contribution in [0, 0.1) is 36.5 Å². The van der Waals surface area contributed by atoms with Crippen LogP contribution in [-0.4, -0.2) is 102 Å². The van der Waals surface area contributed by atoms with E-state index in [1.165, 1.54) is 51.8 Å². The molecule has 5 aromatic carbocycles. The van der Waals surface area contributed by atoms with E-state index in [0.29, 0.717) is 80.6 Å². The second kappa shape index (κ2) is 31.4. The van der Waals surface area contributed by atoms with Gasteiger partial charge in [-0.25, -0.2) is 29.9 Å². The summed E-state index contributed by atoms with van der Waals surface area (Å²) in [5, 5.41) is 39.0. The lowest BCUT2D eigenvalue weighted by Gasteiger charge is -2.34. The Morgan fingerprint density at radius 3 is 1.53 bits per heavy atom. The first-order chi connectivity index (χ1) is 49.8. The lowest BCUT2D eigenvalue weighted by Crippen LogP contribution is -2.39. The fraction of sp³-hybridized carbons (Fsp3) is 0.299. The van der Waals surface area contributed by atoms with Crippen LogP contribution >= 0.6 is 45.3 Å². The molecular formula is C77H73F6N15OS4. The number of aryl methyl sites for hydroxylation is 6. The third-order valence-electron chi connectivity index (χ3n) is 19.0. The Hall–Kier alpha value is -9.80. The zero-order chi connectivity index (χ0) is 71.8. The topological polar surface area (TPSA) is 209 Å². The number of nitriles is 2. The molecule has 0 amide bonds. The Morgan fingerprint density at radius 2 is 1.06 bits per heavy atom. The maximum absolute atomic E-state index is 12.9. The summed E-state index contributed by atoms with van der Waals surface area (Å²) in [7, 11) is 1.68. The molecule has 10 heterocycles. The average molecular weight is 1470 g/mol. The van der Waals surface area contributed by atoms with Gasteiger partial charge in [-0.05, 0) is 123 Å². The number of piperidine rings is 2. The van der Waals surface area contributed by atoms with Gasteiger partial charge in [-0.1, -0.05) is 97.1 Å². The first-order valence-electron chi connectivity index (χ1n) is 33.8. The number of alkyl halides is 6. The summed E-state index contributed by atoms with van der Waals surface area (Å²) in [6.45, 7) is 9.93. The van der Waals surface area contributed by atoms with E-state index in [1.807, 2.05) is 36.6 Å². The first-order valence-corrected chi connectivity index (χ1v) is 37.2. The van der Waals surface area contributed by atoms with Gasteiger partial charge in [0.15, 0.2) is 5.13 Å². The highest BCUT2D eigenvalue weighted by atomic mass is 32.1. The van der Waals surface area contributed by atoms with Crippen molar-refractivity contribution >= 4 is 104 Å². The summed E-state index contributed by atoms with van der Waals surface area (Å²) >= 11 is 5.26. The number of nitrogens with two attached hydrogens (primary N) is 1. The summed E-state index contributed by atoms with van der Waals surface area (Å²) in [6, 6.07) is 52.5. The van der Waals surface area contributed by atoms with Gasteiger partial charge in [0.25, 0.3) is 0 Å². The van der Waals surface area contributed by atoms with Crippen LogP contribution in [0.3, 0.4) is 0 Å². The van der Waals surface area contributed by atoms with Gasteiger partial charge in [-0.3, -0.25) is 4.90 Å². The minimum Gasteiger partial charge on any atom is -0.496 e. The monoisotopic (exact) mass is 1470 g/mol. The molecule has 5 N–H and O–H groups in total. The summed E-state index contributed by atoms with van der Waals surface area (Å²) < 4.78 is 85.8. The molecule has 8 aromatic heterocycles. The number of likely N-dealkylation sites (tertiary alicyclic amines) is 1. The van der Waals surface area contributed by atoms with Crippen LogP contribution in [-0.2, 0) is 50.7 Å². The number of fused-ring (bicyclic) bond motifs is 4. The van der Waals surface area contributed by atoms with Crippen LogP contribution in [0.15, 0.2) is 163 Å². The van der Waals surface area contributed by atoms with Gasteiger partial charge in [-0.2, -0.15) is 36.9 Å². The van der Waals surface area contributed by atoms with E-state index in [4.69, 9.17) is 15.5 Å². The van der Waals surface area contributed by atoms with Crippen LogP contribution in [0.4, 0.5) is 43.1 Å². The van der Waals surface area contributed by atoms with Crippen molar-refractivity contribution in [3.63, 3.8) is 0 Å². The van der Waals surface area contributed by atoms with E-state index < -0.39 is 30.6 Å². The minimum atomic E-state index is -4.25. The van der Waals surface area contributed by atoms with Crippen LogP contribution in [0.2, 0.25) is 0 Å². The molecule has 2 aliphatic heterocycles. The van der Waals surface area contributed by atoms with Crippen LogP contribution in [0.5, 0.6) is 5.75 Å². The van der Waals surface area contributed by atoms with Crippen molar-refractivity contribution in [2.75, 3.05) is 49.7 Å². The van der Waals surface area contributed by atoms with Gasteiger partial charge in [0, 0.05) is 106 Å². The Kier molecular flexibility index (Phi) is 21.8. The third kappa shape index (κ3) is 16.3. The van der Waals surface area contributed by atoms with E-state index in [0.717, 1.165) is 131 Å². The molecule has 2 fully saturated rings. The second-order valence-electron chi connectivity index (χ2n) is 25.6. The molecule has 2 saturated heterocycles. The lowest BCUT2D eigenvalue weighted by molar-refractivity contribution is -0.127. The number of thiazole rings is 2. The standard InChI is InChI=1S/C35H29N3OS.C29H29F3N8S2.C13H15F3N4S/c1-25-31-22-30(23-36)38(32(31)18-19-33(25)39-2)21-20-29-24-40-34(37-29)35(26-12-6-3-7-13-26,27-14-8-4-9-15-27)28-16-10-5-11-17-28;1-17-18(2-3-25-23(17)10-21(13-33)40(25)9-6-20-15-41-28(34)38-20)14-39-7-4-19(5-8-39)37-26-24-11-22(12-29(30,31)32)42-27(24)36-16-35-26;14-13(15,16)6-9-5-10-11(18-7-19-12(10)21-9)20-8-1-3-17-4-2-8/h3-19,22,24H,20-21H2,1-2H3;2-3,10-11,15-16,19H,4-9,12,14H2,1H3,(H2,34,38)(H,35,36,37);5,7-8,17H,1-4,6H2,(H,18,19,20). The smallest absolute Gasteiger partial charge is 0.393 e. The molecule has 0 aliphatic carbocycles. The molecule has 0 bridgehead atoms. The Bertz CT molecular complexity index is 5060. The van der Waals surface area contributed by atoms with E-state index in [2.05, 4.69) is 182 Å². The number of hydrogen-bond donors (Lipinski definition) is 4. The summed E-state index contributed by atoms with van der Waals surface area (Å²) in [6.07, 6.45) is -2.35. The molecular weight excluding hydrogens is 1390 g/mol. The van der Waals surface area contributed by atoms with Crippen LogP contribution < -0.4 is 26.4 Å². The predicted octanol–water partition coefficient (Wildman–Crippen LogP) is 17.2. The number of rotatable bonds is 19. The molecule has 13 aromatic rings. The summed E-state index contributed by atoms with van der Waals surface area (Å²) in [5.41, 5.74) is 17.5. The predicted molar refractivity (Wildman–Crippen MR) is 399 cm³/mol. The molecule has 0 radical (unpaired) electrons. The summed E-state index contributed by atoms with van der Waals surface area (Å²) in [5.74, 6) is 2.06. The normalized spacial score (nSPS) is 14.1. The van der Waals surface area contributed by atoms with Crippen LogP contribution in [0.25, 0.3) is 42.2 Å². The largest absolute Gasteiger partial charge is 0.496 e. The zero-order valence-corrected chi connectivity index (χ0v) is 59.9. The number of anilines is 3. The van der Waals surface area contributed by atoms with Crippen molar-refractivity contribution in [1.29, 1.82) is 10.5 Å². The van der Waals surface area contributed by atoms with E-state index in [9.17, 15) is 36.9 Å². The SMILES string of the molecule is COc1ccc2c(cc(C#N)n2CCc2csc(C(c3ccccc3)(c3ccccc3)c3ccccc3)n2)c1C.Cc1c(CN2CCC(Nc3ncnc4sc(CC(F)(F)F)cc34)CC2)ccc2c1cc(C#N)n2CCc1csc(N)n1.FC(F)(F)Cc1cc2c(NC3CCNCC3)ncnc2s1. The quantitative estimate of drug-likeness (QED) is 0.0439. The number of nitrogen functional groups attached to an aromatic ring is 1. The maximum Gasteiger partial charge on any atom is 0.393 e. The zero-order valence-electron chi connectivity index (χ0n) is 56.7. The van der Waals surface area contributed by atoms with E-state index >= 15 is 0 Å². The molecule has 15 rings (SSSR count). The van der Waals surface area contributed by atoms with Crippen molar-refractivity contribution in [3.05, 3.63) is 234 Å². The molecule has 26 heteroatoms. The fourth-order valence-corrected chi connectivity index (χ4v) is 17.7. The van der Waals surface area contributed by atoms with Gasteiger partial charge >= 0.3 is 12.4 Å². The first kappa shape index (κ1) is 71.6. The Morgan fingerprint density at radius 1 is 0.583 bits per heavy atom. The number of thiophene rings is 2. The molecule has 0 saturated carbocycles. The Balaban J connectivity index is 0.000000145. The lowest BCUT2D eigenvalue weighted by atomic mass is 9.70. The number of benzene rings is 5. The van der Waals surface area contributed by atoms with Gasteiger partial charge in [0.2, 0.25) is 0 Å². The van der Waals surface area contributed by atoms with Crippen molar-refractivity contribution in [3.8, 4) is 17.9 Å². The number of ether oxygens (including phenoxy) is 1. The highest BCUT2D eigenvalue weighted by molar-refractivity contribution is 7.19. The number of nitrogens with zero attached hydrogens (tertiary/aromatic N) is 11. The van der Waals surface area contributed by atoms with Crippen LogP contribution in [0.1, 0.15) is 96.6 Å². The molecule has 0 spiro atoms. The van der Waals surface area contributed by atoms with E-state index in [1.54, 1.807) is 30.6 Å². The maximum atomic E-state index is 12.9. The Labute approximate surface area is 607 Å². The van der Waals surface area contributed by atoms with E-state index in [-0.39, 0.29) is 15.8 Å². The highest BCUT2D eigenvalue weighted by Gasteiger charge is 2.41. The van der Waals surface area contributed by atoms with Gasteiger partial charge in [0.05, 0.1) is 47.5 Å². The molecule has 16 nitrogen and oxygen atoms in total. The van der Waals surface area contributed by atoms with Gasteiger partial charge in [-0.15, -0.1) is 45.3 Å². The number of methoxy groups -OCH3 is 1. The highest BCUT2D eigenvalue weighted by Crippen LogP contribution is 2.47. The molecule has 528 valence electrons. The molecule has 2 aliphatic rings. The second-order valence-corrected chi connectivity index (χ2v) is 29.6. The summed E-state index contributed by atoms with van der Waals surface area (Å²) in [4.78, 5) is 30.5. The van der Waals surface area contributed by atoms with Gasteiger partial charge < -0.3 is 35.6 Å². The molecule has 103 heavy (non-hydrogen) atoms. The molecule has 0 atom stereocenters. The number of hydrogen-bond acceptors (Lipinski definition) is 18. The van der Waals surface area contributed by atoms with Crippen molar-refractivity contribution in [2.45, 2.75) is 115 Å². The van der Waals surface area contributed by atoms with Crippen molar-refractivity contribution in [1.82, 2.24) is 49.3 Å². The number of aromatic nitrogens is 8. The fourth-order valence-electron chi connectivity index (χ4n) is 13.9. The van der Waals surface area contributed by atoms with Crippen molar-refractivity contribution < 1.29 is 31.1 Å². The van der Waals surface area contributed by atoms with Gasteiger partial charge in [0.1, 0.15) is 68.2 Å². The third-order valence-corrected chi connectivity index (χ3v) is 22.8. The number of nitrogens with one attached hydrogen (secondary N) is 3. The average Bonchev–Trinajstić information content (AvgIpc) is 1.72. The number of halogens is 6. The van der Waals surface area contributed by atoms with Crippen molar-refractivity contribution in [2.24, 2.45) is 0 Å². The molecule has 0 unspecified atom stereocenters.